The average Bonchev–Trinajstić information content (AvgIpc) is 3.15. The first-order valence-electron chi connectivity index (χ1n) is 14.1. The van der Waals surface area contributed by atoms with Crippen LogP contribution in [0.25, 0.3) is 6.08 Å². The molecular formula is C32H46NO2+. The van der Waals surface area contributed by atoms with Gasteiger partial charge in [-0.25, -0.2) is 4.57 Å². The molecule has 0 aliphatic heterocycles. The Morgan fingerprint density at radius 1 is 1.14 bits per heavy atom. The Labute approximate surface area is 213 Å². The van der Waals surface area contributed by atoms with E-state index < -0.39 is 0 Å². The molecule has 0 saturated heterocycles. The van der Waals surface area contributed by atoms with E-state index in [1.165, 1.54) is 49.7 Å². The molecule has 5 rings (SSSR count). The summed E-state index contributed by atoms with van der Waals surface area (Å²) in [5.74, 6) is 3.39. The van der Waals surface area contributed by atoms with Gasteiger partial charge in [-0.05, 0) is 104 Å². The second-order valence-corrected chi connectivity index (χ2v) is 12.9. The van der Waals surface area contributed by atoms with Crippen LogP contribution in [0.3, 0.4) is 0 Å². The quantitative estimate of drug-likeness (QED) is 0.267. The molecule has 3 fully saturated rings. The van der Waals surface area contributed by atoms with Crippen molar-refractivity contribution in [2.45, 2.75) is 92.1 Å². The van der Waals surface area contributed by atoms with Crippen LogP contribution in [0.15, 0.2) is 36.2 Å². The van der Waals surface area contributed by atoms with E-state index in [4.69, 9.17) is 4.74 Å². The highest BCUT2D eigenvalue weighted by atomic mass is 16.5. The fraction of sp³-hybridized carbons (Fsp3) is 0.688. The lowest BCUT2D eigenvalue weighted by Crippen LogP contribution is -2.50. The lowest BCUT2D eigenvalue weighted by Gasteiger charge is -2.57. The molecule has 3 nitrogen and oxygen atoms in total. The van der Waals surface area contributed by atoms with Crippen LogP contribution in [-0.2, 0) is 16.6 Å². The monoisotopic (exact) mass is 476 g/mol. The minimum atomic E-state index is -0.115. The van der Waals surface area contributed by atoms with Crippen molar-refractivity contribution in [3.8, 4) is 0 Å². The summed E-state index contributed by atoms with van der Waals surface area (Å²) >= 11 is 0. The predicted molar refractivity (Wildman–Crippen MR) is 141 cm³/mol. The van der Waals surface area contributed by atoms with Gasteiger partial charge in [0.2, 0.25) is 0 Å². The van der Waals surface area contributed by atoms with Crippen molar-refractivity contribution in [2.75, 3.05) is 0 Å². The number of aryl methyl sites for hydroxylation is 2. The molecule has 190 valence electrons. The van der Waals surface area contributed by atoms with Crippen LogP contribution >= 0.6 is 0 Å². The van der Waals surface area contributed by atoms with Gasteiger partial charge in [0.25, 0.3) is 0 Å². The van der Waals surface area contributed by atoms with Gasteiger partial charge >= 0.3 is 5.97 Å². The number of allylic oxidation sites excluding steroid dienone is 3. The number of rotatable bonds is 4. The third kappa shape index (κ3) is 4.31. The Hall–Kier alpha value is -1.90. The third-order valence-electron chi connectivity index (χ3n) is 11.0. The number of hydrogen-bond donors (Lipinski definition) is 0. The Bertz CT molecular complexity index is 1040. The first kappa shape index (κ1) is 24.8. The molecule has 3 heteroatoms. The maximum atomic E-state index is 11.5. The number of nitrogens with zero attached hydrogens (tertiary/aromatic N) is 1. The van der Waals surface area contributed by atoms with Gasteiger partial charge in [-0.15, -0.1) is 0 Å². The highest BCUT2D eigenvalue weighted by Gasteiger charge is 2.58. The normalized spacial score (nSPS) is 39.4. The molecule has 1 aromatic rings. The lowest BCUT2D eigenvalue weighted by atomic mass is 9.47. The van der Waals surface area contributed by atoms with Gasteiger partial charge in [0, 0.05) is 18.6 Å². The zero-order valence-corrected chi connectivity index (χ0v) is 22.8. The van der Waals surface area contributed by atoms with E-state index in [1.54, 1.807) is 6.92 Å². The summed E-state index contributed by atoms with van der Waals surface area (Å²) in [7, 11) is 2.09. The molecule has 0 spiro atoms. The van der Waals surface area contributed by atoms with Gasteiger partial charge < -0.3 is 4.74 Å². The van der Waals surface area contributed by atoms with Crippen LogP contribution in [0, 0.1) is 47.3 Å². The number of ether oxygens (including phenoxy) is 1. The Balaban J connectivity index is 1.33. The Kier molecular flexibility index (Phi) is 6.51. The van der Waals surface area contributed by atoms with E-state index in [0.717, 1.165) is 30.6 Å². The van der Waals surface area contributed by atoms with Gasteiger partial charge in [-0.1, -0.05) is 44.6 Å². The van der Waals surface area contributed by atoms with E-state index in [9.17, 15) is 4.79 Å². The van der Waals surface area contributed by atoms with Crippen molar-refractivity contribution in [3.63, 3.8) is 0 Å². The second-order valence-electron chi connectivity index (χ2n) is 12.9. The van der Waals surface area contributed by atoms with Crippen molar-refractivity contribution >= 4 is 12.0 Å². The molecule has 35 heavy (non-hydrogen) atoms. The van der Waals surface area contributed by atoms with Crippen molar-refractivity contribution in [2.24, 2.45) is 47.5 Å². The number of aromatic nitrogens is 1. The number of carbonyl (C=O) groups excluding carboxylic acids is 1. The summed E-state index contributed by atoms with van der Waals surface area (Å²) in [5, 5.41) is 0. The topological polar surface area (TPSA) is 30.2 Å². The molecule has 0 N–H and O–H groups in total. The van der Waals surface area contributed by atoms with Gasteiger partial charge in [-0.2, -0.15) is 0 Å². The second kappa shape index (κ2) is 9.20. The molecule has 0 bridgehead atoms. The fourth-order valence-corrected chi connectivity index (χ4v) is 9.05. The largest absolute Gasteiger partial charge is 0.463 e. The van der Waals surface area contributed by atoms with Gasteiger partial charge in [0.05, 0.1) is 0 Å². The molecule has 0 radical (unpaired) electrons. The van der Waals surface area contributed by atoms with Crippen molar-refractivity contribution in [1.29, 1.82) is 0 Å². The lowest BCUT2D eigenvalue weighted by molar-refractivity contribution is -0.671. The average molecular weight is 477 g/mol. The standard InChI is InChI=1S/C32H46NO2/c1-21(7-8-24-15-18-33(6)20-22(24)2)28-11-12-29-27-10-9-25-19-26(35-23(3)34)13-16-31(25,4)30(27)14-17-32(28,29)5/h7-8,10,15,18,20-21,25-26,28-30H,9,11-14,16-17,19H2,1-6H3/q+1/b8-7+/t21-,25+,26+,28-,29+,30+,31+,32-/m1/s1. The van der Waals surface area contributed by atoms with Gasteiger partial charge in [-0.3, -0.25) is 4.79 Å². The molecule has 1 heterocycles. The number of pyridine rings is 1. The van der Waals surface area contributed by atoms with E-state index in [2.05, 4.69) is 76.0 Å². The predicted octanol–water partition coefficient (Wildman–Crippen LogP) is 6.98. The van der Waals surface area contributed by atoms with Crippen LogP contribution in [-0.4, -0.2) is 12.1 Å². The SMILES string of the molecule is CC(=O)O[C@H]1CC[C@@]2(C)[C@@H](CC=C3[C@@H]2CC[C@]2(C)[C@@H]([C@H](C)/C=C/c4cc[n+](C)cc4C)CC[C@@H]32)C1. The number of esters is 1. The first-order valence-corrected chi connectivity index (χ1v) is 14.1. The summed E-state index contributed by atoms with van der Waals surface area (Å²) in [4.78, 5) is 11.5. The summed E-state index contributed by atoms with van der Waals surface area (Å²) in [6.45, 7) is 11.4. The third-order valence-corrected chi connectivity index (χ3v) is 11.0. The molecular weight excluding hydrogens is 430 g/mol. The summed E-state index contributed by atoms with van der Waals surface area (Å²) in [5.41, 5.74) is 5.30. The minimum absolute atomic E-state index is 0.115. The van der Waals surface area contributed by atoms with Crippen molar-refractivity contribution < 1.29 is 14.1 Å². The van der Waals surface area contributed by atoms with Crippen LogP contribution in [0.4, 0.5) is 0 Å². The smallest absolute Gasteiger partial charge is 0.302 e. The first-order chi connectivity index (χ1) is 16.6. The summed E-state index contributed by atoms with van der Waals surface area (Å²) in [6, 6.07) is 2.24. The number of carbonyl (C=O) groups is 1. The summed E-state index contributed by atoms with van der Waals surface area (Å²) in [6.07, 6.45) is 21.9. The van der Waals surface area contributed by atoms with E-state index in [-0.39, 0.29) is 12.1 Å². The molecule has 3 saturated carbocycles. The van der Waals surface area contributed by atoms with Crippen LogP contribution in [0.5, 0.6) is 0 Å². The van der Waals surface area contributed by atoms with Crippen LogP contribution in [0.1, 0.15) is 90.2 Å². The number of fused-ring (bicyclic) bond motifs is 5. The van der Waals surface area contributed by atoms with E-state index in [0.29, 0.717) is 22.7 Å². The van der Waals surface area contributed by atoms with Gasteiger partial charge in [0.1, 0.15) is 13.2 Å². The van der Waals surface area contributed by atoms with E-state index >= 15 is 0 Å². The molecule has 0 unspecified atom stereocenters. The highest BCUT2D eigenvalue weighted by Crippen LogP contribution is 2.66. The Morgan fingerprint density at radius 2 is 1.89 bits per heavy atom. The molecule has 0 aromatic carbocycles. The maximum absolute atomic E-state index is 11.5. The number of hydrogen-bond acceptors (Lipinski definition) is 2. The van der Waals surface area contributed by atoms with Gasteiger partial charge in [0.15, 0.2) is 12.4 Å². The van der Waals surface area contributed by atoms with E-state index in [1.807, 2.05) is 5.57 Å². The fourth-order valence-electron chi connectivity index (χ4n) is 9.05. The van der Waals surface area contributed by atoms with Crippen LogP contribution < -0.4 is 4.57 Å². The van der Waals surface area contributed by atoms with Crippen LogP contribution in [0.2, 0.25) is 0 Å². The summed E-state index contributed by atoms with van der Waals surface area (Å²) < 4.78 is 7.78. The van der Waals surface area contributed by atoms with Crippen molar-refractivity contribution in [1.82, 2.24) is 0 Å². The highest BCUT2D eigenvalue weighted by molar-refractivity contribution is 5.66. The molecule has 1 aromatic heterocycles. The zero-order valence-electron chi connectivity index (χ0n) is 22.8. The molecule has 4 aliphatic carbocycles. The Morgan fingerprint density at radius 3 is 2.63 bits per heavy atom. The zero-order chi connectivity index (χ0) is 25.0. The van der Waals surface area contributed by atoms with Crippen molar-refractivity contribution in [3.05, 3.63) is 47.3 Å². The molecule has 8 atom stereocenters. The maximum Gasteiger partial charge on any atom is 0.302 e. The minimum Gasteiger partial charge on any atom is -0.463 e. The molecule has 4 aliphatic rings. The molecule has 0 amide bonds.